The number of hydrogen-bond acceptors (Lipinski definition) is 3. The van der Waals surface area contributed by atoms with E-state index >= 15 is 0 Å². The van der Waals surface area contributed by atoms with Crippen LogP contribution in [0.25, 0.3) is 0 Å². The van der Waals surface area contributed by atoms with Crippen molar-refractivity contribution < 1.29 is 14.7 Å². The zero-order chi connectivity index (χ0) is 17.5. The molecular formula is C18H15Cl2NO3. The minimum Gasteiger partial charge on any atom is -0.478 e. The van der Waals surface area contributed by atoms with Gasteiger partial charge in [0.2, 0.25) is 0 Å². The highest BCUT2D eigenvalue weighted by Gasteiger charge is 2.37. The summed E-state index contributed by atoms with van der Waals surface area (Å²) in [4.78, 5) is 16.8. The maximum absolute atomic E-state index is 11.1. The molecule has 0 amide bonds. The van der Waals surface area contributed by atoms with Crippen LogP contribution in [0, 0.1) is 6.92 Å². The molecule has 0 unspecified atom stereocenters. The van der Waals surface area contributed by atoms with Gasteiger partial charge in [0.1, 0.15) is 0 Å². The zero-order valence-corrected chi connectivity index (χ0v) is 14.6. The molecule has 0 fully saturated rings. The van der Waals surface area contributed by atoms with E-state index in [0.717, 1.165) is 16.8 Å². The number of hydrogen-bond donors (Lipinski definition) is 1. The molecule has 0 radical (unpaired) electrons. The lowest BCUT2D eigenvalue weighted by molar-refractivity contribution is -0.00737. The summed E-state index contributed by atoms with van der Waals surface area (Å²) in [6.07, 6.45) is 0.537. The molecule has 0 aliphatic carbocycles. The quantitative estimate of drug-likeness (QED) is 0.830. The molecule has 2 aromatic rings. The van der Waals surface area contributed by atoms with Crippen LogP contribution in [-0.2, 0) is 10.4 Å². The molecule has 1 atom stereocenters. The molecule has 0 bridgehead atoms. The van der Waals surface area contributed by atoms with Gasteiger partial charge in [0.25, 0.3) is 0 Å². The van der Waals surface area contributed by atoms with Crippen molar-refractivity contribution >= 4 is 34.9 Å². The Morgan fingerprint density at radius 1 is 1.21 bits per heavy atom. The Labute approximate surface area is 149 Å². The van der Waals surface area contributed by atoms with E-state index in [2.05, 4.69) is 5.16 Å². The predicted molar refractivity (Wildman–Crippen MR) is 94.2 cm³/mol. The molecule has 124 valence electrons. The van der Waals surface area contributed by atoms with Gasteiger partial charge in [0, 0.05) is 22.0 Å². The number of rotatable bonds is 3. The molecule has 6 heteroatoms. The number of benzene rings is 2. The van der Waals surface area contributed by atoms with Crippen LogP contribution in [0.1, 0.15) is 40.4 Å². The molecule has 0 saturated heterocycles. The highest BCUT2D eigenvalue weighted by Crippen LogP contribution is 2.38. The SMILES string of the molecule is Cc1cc(C2=NO[C@](C)(c3cc(Cl)cc(Cl)c3)C2)ccc1C(=O)O. The number of nitrogens with zero attached hydrogens (tertiary/aromatic N) is 1. The van der Waals surface area contributed by atoms with Crippen molar-refractivity contribution in [3.8, 4) is 0 Å². The second-order valence-corrected chi connectivity index (χ2v) is 6.90. The van der Waals surface area contributed by atoms with Gasteiger partial charge in [0.15, 0.2) is 5.60 Å². The number of carboxylic acids is 1. The second-order valence-electron chi connectivity index (χ2n) is 6.03. The Kier molecular flexibility index (Phi) is 4.28. The van der Waals surface area contributed by atoms with Crippen LogP contribution in [0.5, 0.6) is 0 Å². The zero-order valence-electron chi connectivity index (χ0n) is 13.1. The summed E-state index contributed by atoms with van der Waals surface area (Å²) in [5, 5.41) is 14.4. The van der Waals surface area contributed by atoms with Crippen molar-refractivity contribution in [3.63, 3.8) is 0 Å². The van der Waals surface area contributed by atoms with Crippen molar-refractivity contribution in [1.29, 1.82) is 0 Å². The fraction of sp³-hybridized carbons (Fsp3) is 0.222. The van der Waals surface area contributed by atoms with Crippen LogP contribution in [-0.4, -0.2) is 16.8 Å². The smallest absolute Gasteiger partial charge is 0.335 e. The molecule has 0 aromatic heterocycles. The molecule has 3 rings (SSSR count). The molecule has 1 N–H and O–H groups in total. The Morgan fingerprint density at radius 2 is 1.88 bits per heavy atom. The van der Waals surface area contributed by atoms with Crippen LogP contribution in [0.4, 0.5) is 0 Å². The first kappa shape index (κ1) is 16.8. The van der Waals surface area contributed by atoms with E-state index in [9.17, 15) is 4.79 Å². The summed E-state index contributed by atoms with van der Waals surface area (Å²) in [6.45, 7) is 3.68. The van der Waals surface area contributed by atoms with Crippen LogP contribution in [0.3, 0.4) is 0 Å². The molecule has 1 heterocycles. The maximum atomic E-state index is 11.1. The average Bonchev–Trinajstić information content (AvgIpc) is 2.90. The lowest BCUT2D eigenvalue weighted by atomic mass is 9.88. The number of halogens is 2. The van der Waals surface area contributed by atoms with Gasteiger partial charge in [-0.3, -0.25) is 0 Å². The van der Waals surface area contributed by atoms with Gasteiger partial charge in [-0.1, -0.05) is 34.4 Å². The van der Waals surface area contributed by atoms with E-state index < -0.39 is 11.6 Å². The van der Waals surface area contributed by atoms with E-state index in [1.807, 2.05) is 25.1 Å². The first-order valence-electron chi connectivity index (χ1n) is 7.34. The van der Waals surface area contributed by atoms with Crippen molar-refractivity contribution in [3.05, 3.63) is 68.7 Å². The van der Waals surface area contributed by atoms with Crippen LogP contribution < -0.4 is 0 Å². The Balaban J connectivity index is 1.89. The van der Waals surface area contributed by atoms with Gasteiger partial charge in [-0.05, 0) is 55.3 Å². The van der Waals surface area contributed by atoms with E-state index in [-0.39, 0.29) is 5.56 Å². The average molecular weight is 364 g/mol. The summed E-state index contributed by atoms with van der Waals surface area (Å²) < 4.78 is 0. The van der Waals surface area contributed by atoms with Crippen LogP contribution >= 0.6 is 23.2 Å². The third-order valence-corrected chi connectivity index (χ3v) is 4.56. The van der Waals surface area contributed by atoms with E-state index in [4.69, 9.17) is 33.1 Å². The topological polar surface area (TPSA) is 58.9 Å². The monoisotopic (exact) mass is 363 g/mol. The molecule has 1 aliphatic heterocycles. The third kappa shape index (κ3) is 3.12. The lowest BCUT2D eigenvalue weighted by Crippen LogP contribution is -2.22. The molecule has 2 aromatic carbocycles. The van der Waals surface area contributed by atoms with E-state index in [0.29, 0.717) is 22.0 Å². The van der Waals surface area contributed by atoms with Crippen molar-refractivity contribution in [2.24, 2.45) is 5.16 Å². The fourth-order valence-corrected chi connectivity index (χ4v) is 3.32. The fourth-order valence-electron chi connectivity index (χ4n) is 2.79. The summed E-state index contributed by atoms with van der Waals surface area (Å²) >= 11 is 12.2. The Bertz CT molecular complexity index is 843. The summed E-state index contributed by atoms with van der Waals surface area (Å²) in [6, 6.07) is 10.4. The van der Waals surface area contributed by atoms with Crippen LogP contribution in [0.15, 0.2) is 41.6 Å². The van der Waals surface area contributed by atoms with Gasteiger partial charge in [-0.2, -0.15) is 0 Å². The number of oxime groups is 1. The first-order valence-corrected chi connectivity index (χ1v) is 8.10. The standard InChI is InChI=1S/C18H15Cl2NO3/c1-10-5-11(3-4-15(10)17(22)23)16-9-18(2,24-21-16)12-6-13(19)8-14(20)7-12/h3-8H,9H2,1-2H3,(H,22,23)/t18-/m0/s1. The third-order valence-electron chi connectivity index (χ3n) is 4.13. The van der Waals surface area contributed by atoms with Gasteiger partial charge < -0.3 is 9.94 Å². The number of aryl methyl sites for hydroxylation is 1. The summed E-state index contributed by atoms with van der Waals surface area (Å²) in [5.74, 6) is -0.943. The predicted octanol–water partition coefficient (Wildman–Crippen LogP) is 5.04. The van der Waals surface area contributed by atoms with Gasteiger partial charge in [0.05, 0.1) is 11.3 Å². The molecule has 24 heavy (non-hydrogen) atoms. The number of carboxylic acid groups (broad SMARTS) is 1. The van der Waals surface area contributed by atoms with Crippen molar-refractivity contribution in [2.75, 3.05) is 0 Å². The largest absolute Gasteiger partial charge is 0.478 e. The van der Waals surface area contributed by atoms with Gasteiger partial charge in [-0.25, -0.2) is 4.79 Å². The minimum absolute atomic E-state index is 0.280. The minimum atomic E-state index is -0.943. The maximum Gasteiger partial charge on any atom is 0.335 e. The Hall–Kier alpha value is -2.04. The first-order chi connectivity index (χ1) is 11.3. The van der Waals surface area contributed by atoms with Gasteiger partial charge in [-0.15, -0.1) is 0 Å². The number of carbonyl (C=O) groups is 1. The van der Waals surface area contributed by atoms with E-state index in [1.54, 1.807) is 25.1 Å². The summed E-state index contributed by atoms with van der Waals surface area (Å²) in [5.41, 5.74) is 2.74. The van der Waals surface area contributed by atoms with Crippen molar-refractivity contribution in [2.45, 2.75) is 25.9 Å². The normalized spacial score (nSPS) is 19.8. The highest BCUT2D eigenvalue weighted by molar-refractivity contribution is 6.34. The second kappa shape index (κ2) is 6.11. The highest BCUT2D eigenvalue weighted by atomic mass is 35.5. The summed E-state index contributed by atoms with van der Waals surface area (Å²) in [7, 11) is 0. The lowest BCUT2D eigenvalue weighted by Gasteiger charge is -2.22. The van der Waals surface area contributed by atoms with Crippen molar-refractivity contribution in [1.82, 2.24) is 0 Å². The number of aromatic carboxylic acids is 1. The molecule has 0 spiro atoms. The molecule has 0 saturated carbocycles. The van der Waals surface area contributed by atoms with Gasteiger partial charge >= 0.3 is 5.97 Å². The van der Waals surface area contributed by atoms with E-state index in [1.165, 1.54) is 0 Å². The Morgan fingerprint density at radius 3 is 2.46 bits per heavy atom. The molecular weight excluding hydrogens is 349 g/mol. The molecule has 1 aliphatic rings. The van der Waals surface area contributed by atoms with Crippen LogP contribution in [0.2, 0.25) is 10.0 Å². The molecule has 4 nitrogen and oxygen atoms in total.